The Morgan fingerprint density at radius 1 is 1.40 bits per heavy atom. The van der Waals surface area contributed by atoms with Gasteiger partial charge in [-0.2, -0.15) is 0 Å². The molecule has 1 aromatic heterocycles. The summed E-state index contributed by atoms with van der Waals surface area (Å²) < 4.78 is 0. The van der Waals surface area contributed by atoms with Crippen molar-refractivity contribution in [3.05, 3.63) is 36.2 Å². The molecular weight excluding hydrogens is 252 g/mol. The molecule has 1 fully saturated rings. The van der Waals surface area contributed by atoms with Gasteiger partial charge in [0.2, 0.25) is 0 Å². The van der Waals surface area contributed by atoms with Crippen LogP contribution in [-0.4, -0.2) is 39.9 Å². The third-order valence-electron chi connectivity index (χ3n) is 4.11. The number of para-hydroxylation sites is 1. The third-order valence-corrected chi connectivity index (χ3v) is 4.11. The molecular formula is C15H18N4O. The second-order valence-electron chi connectivity index (χ2n) is 5.30. The number of hydrogen-bond donors (Lipinski definition) is 1. The van der Waals surface area contributed by atoms with E-state index in [2.05, 4.69) is 16.9 Å². The molecule has 0 aliphatic carbocycles. The van der Waals surface area contributed by atoms with E-state index in [0.717, 1.165) is 18.5 Å². The number of nitrogens with zero attached hydrogens (tertiary/aromatic N) is 3. The molecule has 1 aliphatic rings. The largest absolute Gasteiger partial charge is 0.334 e. The monoisotopic (exact) mass is 270 g/mol. The van der Waals surface area contributed by atoms with E-state index >= 15 is 0 Å². The van der Waals surface area contributed by atoms with E-state index in [4.69, 9.17) is 5.73 Å². The maximum Gasteiger partial charge on any atom is 0.256 e. The van der Waals surface area contributed by atoms with E-state index in [1.165, 1.54) is 0 Å². The van der Waals surface area contributed by atoms with Gasteiger partial charge in [0.25, 0.3) is 5.91 Å². The van der Waals surface area contributed by atoms with Gasteiger partial charge in [-0.25, -0.2) is 0 Å². The van der Waals surface area contributed by atoms with Crippen LogP contribution in [0.4, 0.5) is 0 Å². The highest BCUT2D eigenvalue weighted by Crippen LogP contribution is 2.26. The molecule has 5 nitrogen and oxygen atoms in total. The van der Waals surface area contributed by atoms with E-state index in [9.17, 15) is 4.79 Å². The van der Waals surface area contributed by atoms with Gasteiger partial charge >= 0.3 is 0 Å². The van der Waals surface area contributed by atoms with Gasteiger partial charge in [0, 0.05) is 31.5 Å². The van der Waals surface area contributed by atoms with E-state index in [1.807, 2.05) is 23.1 Å². The lowest BCUT2D eigenvalue weighted by atomic mass is 10.0. The summed E-state index contributed by atoms with van der Waals surface area (Å²) in [4.78, 5) is 23.2. The van der Waals surface area contributed by atoms with Crippen molar-refractivity contribution < 1.29 is 4.79 Å². The predicted octanol–water partition coefficient (Wildman–Crippen LogP) is 1.44. The highest BCUT2D eigenvalue weighted by molar-refractivity contribution is 6.04. The summed E-state index contributed by atoms with van der Waals surface area (Å²) in [6, 6.07) is 5.65. The number of benzene rings is 1. The zero-order valence-electron chi connectivity index (χ0n) is 11.5. The van der Waals surface area contributed by atoms with Crippen molar-refractivity contribution in [2.24, 2.45) is 11.7 Å². The van der Waals surface area contributed by atoms with Gasteiger partial charge in [0.05, 0.1) is 11.1 Å². The minimum absolute atomic E-state index is 0.0101. The summed E-state index contributed by atoms with van der Waals surface area (Å²) in [5.74, 6) is 0.459. The summed E-state index contributed by atoms with van der Waals surface area (Å²) in [5.41, 5.74) is 7.84. The Labute approximate surface area is 117 Å². The molecule has 2 aromatic rings. The number of hydrogen-bond acceptors (Lipinski definition) is 4. The number of amides is 1. The van der Waals surface area contributed by atoms with Gasteiger partial charge in [-0.1, -0.05) is 13.0 Å². The number of aromatic nitrogens is 2. The van der Waals surface area contributed by atoms with Gasteiger partial charge in [0.1, 0.15) is 5.52 Å². The SMILES string of the molecule is CC1CCN(C(=O)c2cccc3nccnc23)C1CN. The molecule has 1 amide bonds. The fraction of sp³-hybridized carbons (Fsp3) is 0.400. The lowest BCUT2D eigenvalue weighted by Gasteiger charge is -2.26. The van der Waals surface area contributed by atoms with Crippen LogP contribution >= 0.6 is 0 Å². The molecule has 1 saturated heterocycles. The van der Waals surface area contributed by atoms with Gasteiger partial charge in [0.15, 0.2) is 0 Å². The average Bonchev–Trinajstić information content (AvgIpc) is 2.86. The van der Waals surface area contributed by atoms with Gasteiger partial charge in [-0.15, -0.1) is 0 Å². The van der Waals surface area contributed by atoms with Gasteiger partial charge in [-0.05, 0) is 24.5 Å². The predicted molar refractivity (Wildman–Crippen MR) is 77.2 cm³/mol. The topological polar surface area (TPSA) is 72.1 Å². The smallest absolute Gasteiger partial charge is 0.256 e. The minimum atomic E-state index is 0.0101. The standard InChI is InChI=1S/C15H18N4O/c1-10-5-8-19(13(10)9-16)15(20)11-3-2-4-12-14(11)18-7-6-17-12/h2-4,6-7,10,13H,5,8-9,16H2,1H3. The number of carbonyl (C=O) groups excluding carboxylic acids is 1. The summed E-state index contributed by atoms with van der Waals surface area (Å²) in [6.07, 6.45) is 4.26. The second-order valence-corrected chi connectivity index (χ2v) is 5.30. The first-order chi connectivity index (χ1) is 9.72. The average molecular weight is 270 g/mol. The summed E-state index contributed by atoms with van der Waals surface area (Å²) in [5, 5.41) is 0. The van der Waals surface area contributed by atoms with Crippen LogP contribution in [0.1, 0.15) is 23.7 Å². The van der Waals surface area contributed by atoms with Crippen LogP contribution in [0.25, 0.3) is 11.0 Å². The fourth-order valence-corrected chi connectivity index (χ4v) is 2.94. The van der Waals surface area contributed by atoms with Crippen LogP contribution in [0.2, 0.25) is 0 Å². The molecule has 0 spiro atoms. The maximum absolute atomic E-state index is 12.8. The first-order valence-electron chi connectivity index (χ1n) is 6.93. The Kier molecular flexibility index (Phi) is 3.36. The maximum atomic E-state index is 12.8. The van der Waals surface area contributed by atoms with E-state index in [0.29, 0.717) is 23.5 Å². The van der Waals surface area contributed by atoms with Crippen LogP contribution < -0.4 is 5.73 Å². The van der Waals surface area contributed by atoms with E-state index in [1.54, 1.807) is 12.4 Å². The summed E-state index contributed by atoms with van der Waals surface area (Å²) in [7, 11) is 0. The first-order valence-corrected chi connectivity index (χ1v) is 6.93. The van der Waals surface area contributed by atoms with Crippen molar-refractivity contribution in [3.8, 4) is 0 Å². The zero-order valence-corrected chi connectivity index (χ0v) is 11.5. The summed E-state index contributed by atoms with van der Waals surface area (Å²) in [6.45, 7) is 3.41. The second kappa shape index (κ2) is 5.17. The van der Waals surface area contributed by atoms with E-state index in [-0.39, 0.29) is 11.9 Å². The molecule has 1 aromatic carbocycles. The van der Waals surface area contributed by atoms with Crippen molar-refractivity contribution in [1.82, 2.24) is 14.9 Å². The van der Waals surface area contributed by atoms with Crippen molar-refractivity contribution in [1.29, 1.82) is 0 Å². The fourth-order valence-electron chi connectivity index (χ4n) is 2.94. The molecule has 20 heavy (non-hydrogen) atoms. The Balaban J connectivity index is 2.01. The normalized spacial score (nSPS) is 22.4. The van der Waals surface area contributed by atoms with E-state index < -0.39 is 0 Å². The Morgan fingerprint density at radius 3 is 3.00 bits per heavy atom. The van der Waals surface area contributed by atoms with Crippen LogP contribution in [-0.2, 0) is 0 Å². The van der Waals surface area contributed by atoms with Crippen molar-refractivity contribution in [3.63, 3.8) is 0 Å². The number of rotatable bonds is 2. The van der Waals surface area contributed by atoms with Crippen LogP contribution in [0.15, 0.2) is 30.6 Å². The number of carbonyl (C=O) groups is 1. The highest BCUT2D eigenvalue weighted by Gasteiger charge is 2.34. The molecule has 2 atom stereocenters. The lowest BCUT2D eigenvalue weighted by Crippen LogP contribution is -2.42. The molecule has 0 saturated carbocycles. The minimum Gasteiger partial charge on any atom is -0.334 e. The van der Waals surface area contributed by atoms with Crippen LogP contribution in [0, 0.1) is 5.92 Å². The third kappa shape index (κ3) is 2.04. The molecule has 5 heteroatoms. The van der Waals surface area contributed by atoms with Crippen molar-refractivity contribution >= 4 is 16.9 Å². The lowest BCUT2D eigenvalue weighted by molar-refractivity contribution is 0.0729. The quantitative estimate of drug-likeness (QED) is 0.896. The van der Waals surface area contributed by atoms with Crippen molar-refractivity contribution in [2.75, 3.05) is 13.1 Å². The van der Waals surface area contributed by atoms with Crippen LogP contribution in [0.3, 0.4) is 0 Å². The number of likely N-dealkylation sites (tertiary alicyclic amines) is 1. The Bertz CT molecular complexity index is 637. The Morgan fingerprint density at radius 2 is 2.20 bits per heavy atom. The molecule has 0 bridgehead atoms. The van der Waals surface area contributed by atoms with Crippen molar-refractivity contribution in [2.45, 2.75) is 19.4 Å². The first kappa shape index (κ1) is 13.0. The molecule has 2 N–H and O–H groups in total. The zero-order chi connectivity index (χ0) is 14.1. The van der Waals surface area contributed by atoms with Gasteiger partial charge in [-0.3, -0.25) is 14.8 Å². The molecule has 104 valence electrons. The molecule has 0 radical (unpaired) electrons. The number of nitrogens with two attached hydrogens (primary N) is 1. The molecule has 2 unspecified atom stereocenters. The number of fused-ring (bicyclic) bond motifs is 1. The molecule has 2 heterocycles. The van der Waals surface area contributed by atoms with Gasteiger partial charge < -0.3 is 10.6 Å². The highest BCUT2D eigenvalue weighted by atomic mass is 16.2. The van der Waals surface area contributed by atoms with Crippen LogP contribution in [0.5, 0.6) is 0 Å². The molecule has 3 rings (SSSR count). The molecule has 1 aliphatic heterocycles. The summed E-state index contributed by atoms with van der Waals surface area (Å²) >= 11 is 0. The Hall–Kier alpha value is -2.01.